The van der Waals surface area contributed by atoms with Crippen LogP contribution in [0.2, 0.25) is 0 Å². The Morgan fingerprint density at radius 2 is 2.30 bits per heavy atom. The van der Waals surface area contributed by atoms with Crippen molar-refractivity contribution in [3.05, 3.63) is 33.8 Å². The second kappa shape index (κ2) is 8.42. The van der Waals surface area contributed by atoms with E-state index in [1.165, 1.54) is 39.9 Å². The van der Waals surface area contributed by atoms with Gasteiger partial charge in [-0.2, -0.15) is 11.8 Å². The molecule has 1 aliphatic heterocycles. The Bertz CT molecular complexity index is 419. The van der Waals surface area contributed by atoms with Crippen molar-refractivity contribution in [1.82, 2.24) is 10.2 Å². The highest BCUT2D eigenvalue weighted by Gasteiger charge is 2.20. The summed E-state index contributed by atoms with van der Waals surface area (Å²) in [4.78, 5) is 2.50. The topological polar surface area (TPSA) is 15.3 Å². The minimum absolute atomic E-state index is 0.748. The van der Waals surface area contributed by atoms with Gasteiger partial charge in [0.25, 0.3) is 0 Å². The molecular formula is C16H25BrN2S. The fourth-order valence-electron chi connectivity index (χ4n) is 2.51. The van der Waals surface area contributed by atoms with Crippen molar-refractivity contribution >= 4 is 27.7 Å². The van der Waals surface area contributed by atoms with Crippen LogP contribution in [0.3, 0.4) is 0 Å². The van der Waals surface area contributed by atoms with E-state index in [1.54, 1.807) is 0 Å². The molecule has 0 aliphatic carbocycles. The zero-order valence-corrected chi connectivity index (χ0v) is 14.9. The molecule has 0 bridgehead atoms. The number of rotatable bonds is 7. The van der Waals surface area contributed by atoms with Gasteiger partial charge in [-0.15, -0.1) is 0 Å². The predicted molar refractivity (Wildman–Crippen MR) is 93.3 cm³/mol. The molecule has 0 aromatic heterocycles. The van der Waals surface area contributed by atoms with E-state index in [2.05, 4.69) is 70.1 Å². The fourth-order valence-corrected chi connectivity index (χ4v) is 4.36. The Morgan fingerprint density at radius 3 is 2.95 bits per heavy atom. The largest absolute Gasteiger partial charge is 0.313 e. The van der Waals surface area contributed by atoms with Crippen LogP contribution in [0.1, 0.15) is 30.9 Å². The highest BCUT2D eigenvalue weighted by Crippen LogP contribution is 2.25. The number of benzene rings is 1. The summed E-state index contributed by atoms with van der Waals surface area (Å²) in [6.07, 6.45) is 2.52. The lowest BCUT2D eigenvalue weighted by Crippen LogP contribution is -2.31. The maximum Gasteiger partial charge on any atom is 0.0245 e. The first-order chi connectivity index (χ1) is 9.70. The molecule has 1 atom stereocenters. The predicted octanol–water partition coefficient (Wildman–Crippen LogP) is 3.89. The van der Waals surface area contributed by atoms with Crippen molar-refractivity contribution in [1.29, 1.82) is 0 Å². The molecule has 1 heterocycles. The number of hydrogen-bond acceptors (Lipinski definition) is 3. The third-order valence-electron chi connectivity index (χ3n) is 3.82. The molecule has 1 unspecified atom stereocenters. The number of thioether (sulfide) groups is 1. The Hall–Kier alpha value is -0.0300. The smallest absolute Gasteiger partial charge is 0.0245 e. The van der Waals surface area contributed by atoms with Crippen molar-refractivity contribution < 1.29 is 0 Å². The van der Waals surface area contributed by atoms with Crippen molar-refractivity contribution in [2.75, 3.05) is 25.1 Å². The quantitative estimate of drug-likeness (QED) is 0.746. The second-order valence-electron chi connectivity index (χ2n) is 5.54. The van der Waals surface area contributed by atoms with Gasteiger partial charge in [-0.05, 0) is 49.4 Å². The molecule has 1 aromatic carbocycles. The molecule has 2 nitrogen and oxygen atoms in total. The van der Waals surface area contributed by atoms with Crippen LogP contribution >= 0.6 is 27.7 Å². The molecule has 1 fully saturated rings. The summed E-state index contributed by atoms with van der Waals surface area (Å²) in [6.45, 7) is 5.28. The summed E-state index contributed by atoms with van der Waals surface area (Å²) in [5.74, 6) is 2.60. The van der Waals surface area contributed by atoms with E-state index in [0.717, 1.165) is 25.7 Å². The molecule has 20 heavy (non-hydrogen) atoms. The first-order valence-electron chi connectivity index (χ1n) is 7.46. The summed E-state index contributed by atoms with van der Waals surface area (Å²) in [6, 6.07) is 7.53. The van der Waals surface area contributed by atoms with Crippen LogP contribution < -0.4 is 5.32 Å². The standard InChI is InChI=1S/C16H25BrN2S/c1-3-7-18-10-13-4-5-14(16(17)9-13)11-19(2)15-6-8-20-12-15/h4-5,9,15,18H,3,6-8,10-12H2,1-2H3. The third kappa shape index (κ3) is 4.76. The van der Waals surface area contributed by atoms with Gasteiger partial charge >= 0.3 is 0 Å². The Balaban J connectivity index is 1.91. The van der Waals surface area contributed by atoms with Gasteiger partial charge in [0.15, 0.2) is 0 Å². The van der Waals surface area contributed by atoms with Crippen LogP contribution in [0.4, 0.5) is 0 Å². The van der Waals surface area contributed by atoms with E-state index in [1.807, 2.05) is 0 Å². The Morgan fingerprint density at radius 1 is 1.45 bits per heavy atom. The zero-order chi connectivity index (χ0) is 14.4. The molecule has 112 valence electrons. The molecule has 0 radical (unpaired) electrons. The van der Waals surface area contributed by atoms with Crippen LogP contribution in [0.15, 0.2) is 22.7 Å². The SMILES string of the molecule is CCCNCc1ccc(CN(C)C2CCSC2)c(Br)c1. The Kier molecular flexibility index (Phi) is 6.88. The molecule has 1 aromatic rings. The number of nitrogens with one attached hydrogen (secondary N) is 1. The van der Waals surface area contributed by atoms with Gasteiger partial charge in [0, 0.05) is 29.4 Å². The molecule has 4 heteroatoms. The summed E-state index contributed by atoms with van der Waals surface area (Å²) < 4.78 is 1.24. The molecule has 1 saturated heterocycles. The highest BCUT2D eigenvalue weighted by molar-refractivity contribution is 9.10. The normalized spacial score (nSPS) is 18.9. The lowest BCUT2D eigenvalue weighted by atomic mass is 10.1. The first-order valence-corrected chi connectivity index (χ1v) is 9.41. The summed E-state index contributed by atoms with van der Waals surface area (Å²) >= 11 is 5.81. The molecular weight excluding hydrogens is 332 g/mol. The van der Waals surface area contributed by atoms with Gasteiger partial charge in [0.2, 0.25) is 0 Å². The van der Waals surface area contributed by atoms with E-state index >= 15 is 0 Å². The highest BCUT2D eigenvalue weighted by atomic mass is 79.9. The zero-order valence-electron chi connectivity index (χ0n) is 12.5. The van der Waals surface area contributed by atoms with E-state index in [-0.39, 0.29) is 0 Å². The lowest BCUT2D eigenvalue weighted by molar-refractivity contribution is 0.254. The number of hydrogen-bond donors (Lipinski definition) is 1. The summed E-state index contributed by atoms with van der Waals surface area (Å²) in [7, 11) is 2.25. The van der Waals surface area contributed by atoms with Crippen LogP contribution in [-0.2, 0) is 13.1 Å². The van der Waals surface area contributed by atoms with Crippen molar-refractivity contribution in [3.63, 3.8) is 0 Å². The van der Waals surface area contributed by atoms with Gasteiger partial charge in [0.1, 0.15) is 0 Å². The average Bonchev–Trinajstić information content (AvgIpc) is 2.96. The van der Waals surface area contributed by atoms with E-state index < -0.39 is 0 Å². The monoisotopic (exact) mass is 356 g/mol. The lowest BCUT2D eigenvalue weighted by Gasteiger charge is -2.24. The molecule has 0 amide bonds. The Labute approximate surface area is 135 Å². The molecule has 2 rings (SSSR count). The molecule has 1 N–H and O–H groups in total. The molecule has 1 aliphatic rings. The summed E-state index contributed by atoms with van der Waals surface area (Å²) in [5, 5.41) is 3.45. The van der Waals surface area contributed by atoms with E-state index in [0.29, 0.717) is 0 Å². The van der Waals surface area contributed by atoms with Crippen molar-refractivity contribution in [2.24, 2.45) is 0 Å². The minimum atomic E-state index is 0.748. The second-order valence-corrected chi connectivity index (χ2v) is 7.54. The average molecular weight is 357 g/mol. The van der Waals surface area contributed by atoms with Crippen molar-refractivity contribution in [3.8, 4) is 0 Å². The number of halogens is 1. The van der Waals surface area contributed by atoms with Crippen LogP contribution in [0.25, 0.3) is 0 Å². The van der Waals surface area contributed by atoms with Gasteiger partial charge in [0.05, 0.1) is 0 Å². The van der Waals surface area contributed by atoms with Gasteiger partial charge < -0.3 is 5.32 Å². The van der Waals surface area contributed by atoms with E-state index in [9.17, 15) is 0 Å². The maximum absolute atomic E-state index is 3.73. The van der Waals surface area contributed by atoms with Crippen LogP contribution in [0, 0.1) is 0 Å². The van der Waals surface area contributed by atoms with Crippen molar-refractivity contribution in [2.45, 2.75) is 38.9 Å². The minimum Gasteiger partial charge on any atom is -0.313 e. The van der Waals surface area contributed by atoms with Crippen LogP contribution in [0.5, 0.6) is 0 Å². The summed E-state index contributed by atoms with van der Waals surface area (Å²) in [5.41, 5.74) is 2.75. The number of nitrogens with zero attached hydrogens (tertiary/aromatic N) is 1. The third-order valence-corrected chi connectivity index (χ3v) is 5.71. The molecule has 0 saturated carbocycles. The fraction of sp³-hybridized carbons (Fsp3) is 0.625. The maximum atomic E-state index is 3.73. The van der Waals surface area contributed by atoms with Gasteiger partial charge in [-0.3, -0.25) is 4.90 Å². The van der Waals surface area contributed by atoms with E-state index in [4.69, 9.17) is 0 Å². The van der Waals surface area contributed by atoms with Gasteiger partial charge in [-0.1, -0.05) is 35.0 Å². The first kappa shape index (κ1) is 16.3. The van der Waals surface area contributed by atoms with Gasteiger partial charge in [-0.25, -0.2) is 0 Å². The van der Waals surface area contributed by atoms with Crippen LogP contribution in [-0.4, -0.2) is 36.0 Å². The molecule has 0 spiro atoms.